The lowest BCUT2D eigenvalue weighted by Crippen LogP contribution is -2.04. The second kappa shape index (κ2) is 6.07. The quantitative estimate of drug-likeness (QED) is 0.585. The van der Waals surface area contributed by atoms with E-state index in [1.807, 2.05) is 18.2 Å². The van der Waals surface area contributed by atoms with Gasteiger partial charge < -0.3 is 9.72 Å². The van der Waals surface area contributed by atoms with E-state index in [2.05, 4.69) is 22.6 Å². The van der Waals surface area contributed by atoms with Crippen LogP contribution in [0.5, 0.6) is 0 Å². The summed E-state index contributed by atoms with van der Waals surface area (Å²) in [4.78, 5) is 20.0. The number of rotatable bonds is 4. The Morgan fingerprint density at radius 3 is 3.13 bits per heavy atom. The summed E-state index contributed by atoms with van der Waals surface area (Å²) in [6, 6.07) is 7.87. The molecule has 0 spiro atoms. The minimum Gasteiger partial charge on any atom is -0.457 e. The predicted molar refractivity (Wildman–Crippen MR) is 89.3 cm³/mol. The normalized spacial score (nSPS) is 10.4. The van der Waals surface area contributed by atoms with E-state index in [0.717, 1.165) is 21.5 Å². The lowest BCUT2D eigenvalue weighted by Gasteiger charge is -1.98. The fourth-order valence-electron chi connectivity index (χ4n) is 2.26. The Morgan fingerprint density at radius 2 is 2.39 bits per heavy atom. The van der Waals surface area contributed by atoms with Gasteiger partial charge in [-0.2, -0.15) is 5.26 Å². The van der Waals surface area contributed by atoms with Crippen LogP contribution in [0.2, 0.25) is 0 Å². The van der Waals surface area contributed by atoms with Crippen LogP contribution in [0.1, 0.15) is 20.9 Å². The van der Waals surface area contributed by atoms with Gasteiger partial charge in [0.1, 0.15) is 22.6 Å². The Hall–Kier alpha value is -2.91. The van der Waals surface area contributed by atoms with Crippen molar-refractivity contribution in [3.8, 4) is 16.6 Å². The summed E-state index contributed by atoms with van der Waals surface area (Å²) in [6.45, 7) is 5.47. The Morgan fingerprint density at radius 1 is 1.57 bits per heavy atom. The van der Waals surface area contributed by atoms with E-state index < -0.39 is 5.97 Å². The summed E-state index contributed by atoms with van der Waals surface area (Å²) >= 11 is 1.28. The van der Waals surface area contributed by atoms with Crippen LogP contribution in [0.25, 0.3) is 21.5 Å². The molecule has 0 saturated heterocycles. The molecule has 1 N–H and O–H groups in total. The van der Waals surface area contributed by atoms with Crippen molar-refractivity contribution in [2.24, 2.45) is 0 Å². The first-order valence-electron chi connectivity index (χ1n) is 6.91. The summed E-state index contributed by atoms with van der Waals surface area (Å²) in [5.74, 6) is -0.397. The van der Waals surface area contributed by atoms with E-state index in [-0.39, 0.29) is 6.61 Å². The summed E-state index contributed by atoms with van der Waals surface area (Å²) < 4.78 is 5.07. The third kappa shape index (κ3) is 2.74. The molecule has 2 heterocycles. The molecule has 0 aliphatic heterocycles. The van der Waals surface area contributed by atoms with Crippen LogP contribution in [0.3, 0.4) is 0 Å². The highest BCUT2D eigenvalue weighted by Gasteiger charge is 2.17. The molecule has 0 fully saturated rings. The van der Waals surface area contributed by atoms with Gasteiger partial charge in [0.05, 0.1) is 11.3 Å². The molecule has 3 rings (SSSR count). The van der Waals surface area contributed by atoms with Gasteiger partial charge in [-0.3, -0.25) is 0 Å². The molecule has 5 nitrogen and oxygen atoms in total. The molecule has 0 aliphatic rings. The zero-order chi connectivity index (χ0) is 16.4. The molecule has 0 aliphatic carbocycles. The van der Waals surface area contributed by atoms with E-state index in [4.69, 9.17) is 10.00 Å². The highest BCUT2D eigenvalue weighted by molar-refractivity contribution is 7.17. The first-order chi connectivity index (χ1) is 11.1. The zero-order valence-electron chi connectivity index (χ0n) is 12.4. The van der Waals surface area contributed by atoms with Crippen molar-refractivity contribution in [3.63, 3.8) is 0 Å². The van der Waals surface area contributed by atoms with Gasteiger partial charge in [-0.25, -0.2) is 9.78 Å². The van der Waals surface area contributed by atoms with Gasteiger partial charge in [0.15, 0.2) is 0 Å². The van der Waals surface area contributed by atoms with Crippen LogP contribution < -0.4 is 0 Å². The van der Waals surface area contributed by atoms with E-state index in [0.29, 0.717) is 16.1 Å². The number of ether oxygens (including phenoxy) is 1. The van der Waals surface area contributed by atoms with Crippen molar-refractivity contribution < 1.29 is 9.53 Å². The maximum absolute atomic E-state index is 12.0. The summed E-state index contributed by atoms with van der Waals surface area (Å²) in [7, 11) is 0. The third-order valence-electron chi connectivity index (χ3n) is 3.36. The number of aromatic amines is 1. The van der Waals surface area contributed by atoms with Gasteiger partial charge in [-0.05, 0) is 25.1 Å². The van der Waals surface area contributed by atoms with Crippen LogP contribution in [-0.2, 0) is 4.74 Å². The van der Waals surface area contributed by atoms with Gasteiger partial charge >= 0.3 is 5.97 Å². The van der Waals surface area contributed by atoms with E-state index in [1.165, 1.54) is 17.4 Å². The lowest BCUT2D eigenvalue weighted by atomic mass is 10.1. The molecule has 0 amide bonds. The Balaban J connectivity index is 2.01. The second-order valence-corrected chi connectivity index (χ2v) is 5.89. The van der Waals surface area contributed by atoms with Gasteiger partial charge in [-0.15, -0.1) is 11.3 Å². The highest BCUT2D eigenvalue weighted by atomic mass is 32.1. The molecule has 3 aromatic rings. The van der Waals surface area contributed by atoms with Gasteiger partial charge in [0.2, 0.25) is 0 Å². The minimum absolute atomic E-state index is 0.173. The monoisotopic (exact) mass is 323 g/mol. The second-order valence-electron chi connectivity index (χ2n) is 4.90. The van der Waals surface area contributed by atoms with Crippen LogP contribution in [-0.4, -0.2) is 22.5 Å². The maximum Gasteiger partial charge on any atom is 0.350 e. The van der Waals surface area contributed by atoms with Crippen LogP contribution in [0, 0.1) is 18.3 Å². The predicted octanol–water partition coefficient (Wildman–Crippen LogP) is 3.81. The molecule has 0 atom stereocenters. The summed E-state index contributed by atoms with van der Waals surface area (Å²) in [5.41, 5.74) is 2.98. The highest BCUT2D eigenvalue weighted by Crippen LogP contribution is 2.31. The number of thiazole rings is 1. The Labute approximate surface area is 136 Å². The van der Waals surface area contributed by atoms with Crippen molar-refractivity contribution in [1.29, 1.82) is 5.26 Å². The molecule has 2 aromatic heterocycles. The number of H-pyrrole nitrogens is 1. The number of hydrogen-bond acceptors (Lipinski definition) is 5. The van der Waals surface area contributed by atoms with E-state index in [9.17, 15) is 4.79 Å². The number of fused-ring (bicyclic) bond motifs is 1. The first kappa shape index (κ1) is 15.0. The zero-order valence-corrected chi connectivity index (χ0v) is 13.2. The number of nitrogens with one attached hydrogen (secondary N) is 1. The average molecular weight is 323 g/mol. The van der Waals surface area contributed by atoms with Crippen molar-refractivity contribution in [3.05, 3.63) is 53.2 Å². The number of nitriles is 1. The largest absolute Gasteiger partial charge is 0.457 e. The van der Waals surface area contributed by atoms with Gasteiger partial charge in [0, 0.05) is 22.7 Å². The SMILES string of the molecule is C=CCOC(=O)c1sc(-c2ccc3[nH]cc(C#N)c3c2)nc1C. The molecular weight excluding hydrogens is 310 g/mol. The number of hydrogen-bond donors (Lipinski definition) is 1. The standard InChI is InChI=1S/C17H13N3O2S/c1-3-6-22-17(21)15-10(2)20-16(23-15)11-4-5-14-13(7-11)12(8-18)9-19-14/h3-5,7,9,19H,1,6H2,2H3. The third-order valence-corrected chi connectivity index (χ3v) is 4.55. The van der Waals surface area contributed by atoms with E-state index >= 15 is 0 Å². The van der Waals surface area contributed by atoms with Gasteiger partial charge in [0.25, 0.3) is 0 Å². The number of carbonyl (C=O) groups is 1. The molecule has 0 bridgehead atoms. The van der Waals surface area contributed by atoms with Crippen LogP contribution >= 0.6 is 11.3 Å². The molecule has 1 aromatic carbocycles. The van der Waals surface area contributed by atoms with Crippen molar-refractivity contribution in [2.75, 3.05) is 6.61 Å². The smallest absolute Gasteiger partial charge is 0.350 e. The number of benzene rings is 1. The topological polar surface area (TPSA) is 78.8 Å². The number of esters is 1. The molecule has 6 heteroatoms. The van der Waals surface area contributed by atoms with Crippen LogP contribution in [0.15, 0.2) is 37.1 Å². The minimum atomic E-state index is -0.397. The molecule has 0 unspecified atom stereocenters. The molecule has 0 radical (unpaired) electrons. The number of nitrogens with zero attached hydrogens (tertiary/aromatic N) is 2. The van der Waals surface area contributed by atoms with Crippen molar-refractivity contribution in [1.82, 2.24) is 9.97 Å². The van der Waals surface area contributed by atoms with E-state index in [1.54, 1.807) is 13.1 Å². The summed E-state index contributed by atoms with van der Waals surface area (Å²) in [5, 5.41) is 10.7. The molecule has 0 saturated carbocycles. The average Bonchev–Trinajstić information content (AvgIpc) is 3.15. The molecule has 114 valence electrons. The van der Waals surface area contributed by atoms with Gasteiger partial charge in [-0.1, -0.05) is 12.7 Å². The fourth-order valence-corrected chi connectivity index (χ4v) is 3.21. The number of aryl methyl sites for hydroxylation is 1. The Bertz CT molecular complexity index is 947. The number of aromatic nitrogens is 2. The maximum atomic E-state index is 12.0. The van der Waals surface area contributed by atoms with Crippen molar-refractivity contribution in [2.45, 2.75) is 6.92 Å². The Kier molecular flexibility index (Phi) is 3.96. The summed E-state index contributed by atoms with van der Waals surface area (Å²) in [6.07, 6.45) is 3.21. The lowest BCUT2D eigenvalue weighted by molar-refractivity contribution is 0.0554. The van der Waals surface area contributed by atoms with Crippen molar-refractivity contribution >= 4 is 28.2 Å². The number of carbonyl (C=O) groups excluding carboxylic acids is 1. The molecular formula is C17H13N3O2S. The van der Waals surface area contributed by atoms with Crippen LogP contribution in [0.4, 0.5) is 0 Å². The molecule has 23 heavy (non-hydrogen) atoms. The fraction of sp³-hybridized carbons (Fsp3) is 0.118. The first-order valence-corrected chi connectivity index (χ1v) is 7.72.